The molecule has 9 aromatic rings. The zero-order valence-corrected chi connectivity index (χ0v) is 29.0. The molecule has 6 aromatic carbocycles. The van der Waals surface area contributed by atoms with Crippen molar-refractivity contribution >= 4 is 55.3 Å². The smallest absolute Gasteiger partial charge is 0.235 e. The third-order valence-electron chi connectivity index (χ3n) is 10.3. The van der Waals surface area contributed by atoms with Crippen molar-refractivity contribution in [1.29, 1.82) is 0 Å². The van der Waals surface area contributed by atoms with Crippen molar-refractivity contribution in [2.75, 3.05) is 0 Å². The van der Waals surface area contributed by atoms with Crippen molar-refractivity contribution in [3.05, 3.63) is 205 Å². The summed E-state index contributed by atoms with van der Waals surface area (Å²) in [6.45, 7) is 4.42. The van der Waals surface area contributed by atoms with Gasteiger partial charge >= 0.3 is 0 Å². The van der Waals surface area contributed by atoms with E-state index in [0.29, 0.717) is 5.95 Å². The Morgan fingerprint density at radius 3 is 1.94 bits per heavy atom. The molecule has 4 heteroatoms. The lowest BCUT2D eigenvalue weighted by molar-refractivity contribution is 0.965. The quantitative estimate of drug-likeness (QED) is 0.186. The Morgan fingerprint density at radius 1 is 0.491 bits per heavy atom. The Kier molecular flexibility index (Phi) is 7.33. The van der Waals surface area contributed by atoms with Gasteiger partial charge in [-0.25, -0.2) is 9.97 Å². The minimum Gasteiger partial charge on any atom is -0.309 e. The molecule has 0 bridgehead atoms. The highest BCUT2D eigenvalue weighted by molar-refractivity contribution is 6.10. The van der Waals surface area contributed by atoms with Crippen molar-refractivity contribution in [2.24, 2.45) is 0 Å². The summed E-state index contributed by atoms with van der Waals surface area (Å²) in [6.07, 6.45) is 11.7. The van der Waals surface area contributed by atoms with Gasteiger partial charge in [-0.1, -0.05) is 140 Å². The van der Waals surface area contributed by atoms with E-state index >= 15 is 0 Å². The summed E-state index contributed by atoms with van der Waals surface area (Å²) in [5.74, 6) is 0.646. The van der Waals surface area contributed by atoms with Gasteiger partial charge in [-0.2, -0.15) is 0 Å². The third-order valence-corrected chi connectivity index (χ3v) is 10.3. The third kappa shape index (κ3) is 5.23. The first-order valence-corrected chi connectivity index (χ1v) is 18.0. The van der Waals surface area contributed by atoms with Crippen molar-refractivity contribution < 1.29 is 0 Å². The van der Waals surface area contributed by atoms with Crippen molar-refractivity contribution in [3.8, 4) is 22.9 Å². The molecule has 53 heavy (non-hydrogen) atoms. The molecule has 4 nitrogen and oxygen atoms in total. The number of benzene rings is 6. The van der Waals surface area contributed by atoms with E-state index in [2.05, 4.69) is 186 Å². The van der Waals surface area contributed by atoms with E-state index < -0.39 is 0 Å². The van der Waals surface area contributed by atoms with E-state index in [1.165, 1.54) is 32.8 Å². The van der Waals surface area contributed by atoms with Crippen molar-refractivity contribution in [1.82, 2.24) is 19.1 Å². The Balaban J connectivity index is 1.15. The first-order chi connectivity index (χ1) is 26.2. The Labute approximate surface area is 307 Å². The van der Waals surface area contributed by atoms with Crippen LogP contribution in [-0.2, 0) is 6.42 Å². The topological polar surface area (TPSA) is 35.6 Å². The van der Waals surface area contributed by atoms with Gasteiger partial charge in [0.1, 0.15) is 0 Å². The van der Waals surface area contributed by atoms with Crippen LogP contribution in [0.4, 0.5) is 0 Å². The average Bonchev–Trinajstić information content (AvgIpc) is 3.72. The van der Waals surface area contributed by atoms with Crippen LogP contribution >= 0.6 is 0 Å². The summed E-state index contributed by atoms with van der Waals surface area (Å²) in [5.41, 5.74) is 13.0. The van der Waals surface area contributed by atoms with E-state index in [1.807, 2.05) is 12.1 Å². The Morgan fingerprint density at radius 2 is 1.13 bits per heavy atom. The predicted molar refractivity (Wildman–Crippen MR) is 222 cm³/mol. The van der Waals surface area contributed by atoms with Gasteiger partial charge < -0.3 is 4.57 Å². The van der Waals surface area contributed by atoms with Gasteiger partial charge in [0.25, 0.3) is 0 Å². The fourth-order valence-corrected chi connectivity index (χ4v) is 7.85. The maximum absolute atomic E-state index is 5.29. The maximum atomic E-state index is 5.29. The molecule has 0 fully saturated rings. The molecule has 0 aliphatic heterocycles. The lowest BCUT2D eigenvalue weighted by atomic mass is 9.97. The van der Waals surface area contributed by atoms with E-state index in [4.69, 9.17) is 9.97 Å². The zero-order chi connectivity index (χ0) is 35.3. The molecule has 0 spiro atoms. The zero-order valence-electron chi connectivity index (χ0n) is 29.0. The normalized spacial score (nSPS) is 15.4. The molecule has 0 amide bonds. The summed E-state index contributed by atoms with van der Waals surface area (Å²) in [6, 6.07) is 53.4. The van der Waals surface area contributed by atoms with Crippen molar-refractivity contribution in [3.63, 3.8) is 0 Å². The maximum Gasteiger partial charge on any atom is 0.235 e. The summed E-state index contributed by atoms with van der Waals surface area (Å²) >= 11 is 0. The van der Waals surface area contributed by atoms with Gasteiger partial charge in [0, 0.05) is 32.8 Å². The highest BCUT2D eigenvalue weighted by atomic mass is 15.2. The first-order valence-electron chi connectivity index (χ1n) is 18.0. The van der Waals surface area contributed by atoms with E-state index in [-0.39, 0.29) is 0 Å². The van der Waals surface area contributed by atoms with Crippen LogP contribution in [0.5, 0.6) is 0 Å². The second-order valence-electron chi connectivity index (χ2n) is 13.5. The minimum absolute atomic E-state index is 0.646. The van der Waals surface area contributed by atoms with Gasteiger partial charge in [0.15, 0.2) is 0 Å². The van der Waals surface area contributed by atoms with E-state index in [1.54, 1.807) is 0 Å². The second-order valence-corrected chi connectivity index (χ2v) is 13.5. The average molecular weight is 679 g/mol. The molecule has 0 radical (unpaired) electrons. The first kappa shape index (κ1) is 30.8. The van der Waals surface area contributed by atoms with Crippen LogP contribution in [-0.4, -0.2) is 19.1 Å². The molecular formula is C49H34N4. The fourth-order valence-electron chi connectivity index (χ4n) is 7.85. The van der Waals surface area contributed by atoms with Crippen LogP contribution in [0.3, 0.4) is 0 Å². The molecule has 0 atom stereocenters. The molecule has 3 heterocycles. The molecule has 1 aliphatic carbocycles. The van der Waals surface area contributed by atoms with Gasteiger partial charge in [-0.3, -0.25) is 4.57 Å². The van der Waals surface area contributed by atoms with Crippen LogP contribution in [0.15, 0.2) is 188 Å². The monoisotopic (exact) mass is 678 g/mol. The van der Waals surface area contributed by atoms with Crippen LogP contribution in [0.1, 0.15) is 16.8 Å². The number of hydrogen-bond donors (Lipinski definition) is 0. The Hall–Kier alpha value is -7.04. The van der Waals surface area contributed by atoms with E-state index in [9.17, 15) is 0 Å². The number of allylic oxidation sites excluding steroid dienone is 6. The highest BCUT2D eigenvalue weighted by Crippen LogP contribution is 2.37. The largest absolute Gasteiger partial charge is 0.309 e. The molecule has 0 unspecified atom stereocenters. The molecular weight excluding hydrogens is 645 g/mol. The number of fused-ring (bicyclic) bond motifs is 7. The molecule has 1 aliphatic rings. The van der Waals surface area contributed by atoms with Gasteiger partial charge in [0.2, 0.25) is 5.95 Å². The lowest BCUT2D eigenvalue weighted by Crippen LogP contribution is -2.05. The summed E-state index contributed by atoms with van der Waals surface area (Å²) in [5, 5.41) is 4.67. The lowest BCUT2D eigenvalue weighted by Gasteiger charge is -2.13. The van der Waals surface area contributed by atoms with Crippen LogP contribution in [0, 0.1) is 0 Å². The number of para-hydroxylation sites is 4. The number of hydrogen-bond acceptors (Lipinski definition) is 2. The highest BCUT2D eigenvalue weighted by Gasteiger charge is 2.21. The SMILES string of the molecule is C=C1/C=C\C(c2ccc3c(c2)c2ccccc2n3-c2ccccc2)=C/Cc2c(n(-c3nc(-c4ccccc4)c4ccccc4n3)c3ccccc23)/C=C\1. The Bertz CT molecular complexity index is 2970. The number of nitrogens with zero attached hydrogens (tertiary/aromatic N) is 4. The second kappa shape index (κ2) is 12.6. The summed E-state index contributed by atoms with van der Waals surface area (Å²) in [4.78, 5) is 10.5. The standard InChI is InChI=1S/C49H34N4/c1-33-24-26-34(36-28-31-47-42(32-36)39-19-10-12-22-44(39)52(47)37-16-6-3-7-17-37)27-29-40-38-18-9-13-23-45(38)53(46(40)30-25-33)49-50-43-21-11-8-20-41(43)48(51-49)35-14-4-2-5-15-35/h2-28,30-32H,1,29H2/b26-24-,30-25-,34-27+. The minimum atomic E-state index is 0.646. The van der Waals surface area contributed by atoms with Crippen molar-refractivity contribution in [2.45, 2.75) is 6.42 Å². The van der Waals surface area contributed by atoms with Gasteiger partial charge in [0.05, 0.1) is 33.5 Å². The van der Waals surface area contributed by atoms with Crippen LogP contribution < -0.4 is 0 Å². The van der Waals surface area contributed by atoms with Gasteiger partial charge in [-0.15, -0.1) is 0 Å². The number of aromatic nitrogens is 4. The van der Waals surface area contributed by atoms with Crippen LogP contribution in [0.25, 0.3) is 78.2 Å². The summed E-state index contributed by atoms with van der Waals surface area (Å²) < 4.78 is 4.58. The molecule has 250 valence electrons. The predicted octanol–water partition coefficient (Wildman–Crippen LogP) is 12.1. The summed E-state index contributed by atoms with van der Waals surface area (Å²) in [7, 11) is 0. The molecule has 10 rings (SSSR count). The fraction of sp³-hybridized carbons (Fsp3) is 0.0204. The molecule has 3 aromatic heterocycles. The molecule has 0 saturated heterocycles. The van der Waals surface area contributed by atoms with Gasteiger partial charge in [-0.05, 0) is 77.2 Å². The van der Waals surface area contributed by atoms with Crippen LogP contribution in [0.2, 0.25) is 0 Å². The number of rotatable bonds is 4. The van der Waals surface area contributed by atoms with E-state index in [0.717, 1.165) is 62.2 Å². The molecule has 0 saturated carbocycles. The molecule has 0 N–H and O–H groups in total.